The average Bonchev–Trinajstić information content (AvgIpc) is 2.85. The molecule has 2 aromatic rings. The maximum atomic E-state index is 14.0. The minimum absolute atomic E-state index is 0.183. The largest absolute Gasteiger partial charge is 0.461 e. The molecule has 2 aromatic heterocycles. The van der Waals surface area contributed by atoms with E-state index in [1.165, 1.54) is 17.7 Å². The van der Waals surface area contributed by atoms with E-state index in [0.717, 1.165) is 5.56 Å². The summed E-state index contributed by atoms with van der Waals surface area (Å²) < 4.78 is 18.7. The van der Waals surface area contributed by atoms with Gasteiger partial charge in [0.2, 0.25) is 0 Å². The van der Waals surface area contributed by atoms with Gasteiger partial charge in [-0.25, -0.2) is 19.2 Å². The fraction of sp³-hybridized carbons (Fsp3) is 0.250. The monoisotopic (exact) mass is 266 g/mol. The molecule has 0 aliphatic rings. The van der Waals surface area contributed by atoms with Crippen LogP contribution >= 0.6 is 11.3 Å². The molecule has 0 N–H and O–H groups in total. The third kappa shape index (κ3) is 2.70. The maximum absolute atomic E-state index is 14.0. The summed E-state index contributed by atoms with van der Waals surface area (Å²) in [6.07, 6.45) is 1.52. The van der Waals surface area contributed by atoms with Gasteiger partial charge in [-0.1, -0.05) is 0 Å². The van der Waals surface area contributed by atoms with E-state index in [2.05, 4.69) is 9.97 Å². The molecule has 0 saturated carbocycles. The zero-order valence-corrected chi connectivity index (χ0v) is 10.5. The Balaban J connectivity index is 2.27. The second-order valence-corrected chi connectivity index (χ2v) is 4.29. The summed E-state index contributed by atoms with van der Waals surface area (Å²) in [5.74, 6) is -1.47. The van der Waals surface area contributed by atoms with E-state index < -0.39 is 11.8 Å². The van der Waals surface area contributed by atoms with Crippen LogP contribution in [-0.2, 0) is 11.2 Å². The van der Waals surface area contributed by atoms with Crippen molar-refractivity contribution in [3.8, 4) is 0 Å². The molecule has 2 rings (SSSR count). The Morgan fingerprint density at radius 2 is 2.33 bits per heavy atom. The van der Waals surface area contributed by atoms with Crippen LogP contribution in [-0.4, -0.2) is 22.5 Å². The van der Waals surface area contributed by atoms with Gasteiger partial charge in [-0.3, -0.25) is 0 Å². The first-order valence-corrected chi connectivity index (χ1v) is 6.34. The molecule has 6 heteroatoms. The number of nitrogens with zero attached hydrogens (tertiary/aromatic N) is 2. The summed E-state index contributed by atoms with van der Waals surface area (Å²) in [7, 11) is 0. The number of hydrogen-bond donors (Lipinski definition) is 0. The van der Waals surface area contributed by atoms with Gasteiger partial charge in [0.15, 0.2) is 11.5 Å². The van der Waals surface area contributed by atoms with Gasteiger partial charge < -0.3 is 4.74 Å². The zero-order valence-electron chi connectivity index (χ0n) is 9.72. The molecule has 18 heavy (non-hydrogen) atoms. The third-order valence-corrected chi connectivity index (χ3v) is 3.01. The molecule has 0 spiro atoms. The normalized spacial score (nSPS) is 10.3. The molecule has 0 aliphatic carbocycles. The lowest BCUT2D eigenvalue weighted by atomic mass is 10.1. The van der Waals surface area contributed by atoms with Crippen LogP contribution in [0.1, 0.15) is 28.7 Å². The molecule has 0 radical (unpaired) electrons. The summed E-state index contributed by atoms with van der Waals surface area (Å²) in [6, 6.07) is 1.89. The van der Waals surface area contributed by atoms with Gasteiger partial charge in [0.05, 0.1) is 12.3 Å². The van der Waals surface area contributed by atoms with Crippen molar-refractivity contribution >= 4 is 17.3 Å². The van der Waals surface area contributed by atoms with E-state index >= 15 is 0 Å². The molecule has 0 unspecified atom stereocenters. The third-order valence-electron chi connectivity index (χ3n) is 2.28. The highest BCUT2D eigenvalue weighted by atomic mass is 32.1. The molecule has 0 aliphatic heterocycles. The van der Waals surface area contributed by atoms with Crippen molar-refractivity contribution in [1.29, 1.82) is 0 Å². The second kappa shape index (κ2) is 5.68. The van der Waals surface area contributed by atoms with Crippen LogP contribution in [0.4, 0.5) is 4.39 Å². The summed E-state index contributed by atoms with van der Waals surface area (Å²) in [6.45, 7) is 1.84. The second-order valence-electron chi connectivity index (χ2n) is 3.51. The summed E-state index contributed by atoms with van der Waals surface area (Å²) in [5.41, 5.74) is 0.843. The molecule has 2 heterocycles. The van der Waals surface area contributed by atoms with E-state index in [9.17, 15) is 9.18 Å². The quantitative estimate of drug-likeness (QED) is 0.798. The number of rotatable bonds is 4. The molecule has 4 nitrogen and oxygen atoms in total. The first-order chi connectivity index (χ1) is 8.72. The fourth-order valence-corrected chi connectivity index (χ4v) is 2.13. The van der Waals surface area contributed by atoms with Crippen LogP contribution in [0.3, 0.4) is 0 Å². The van der Waals surface area contributed by atoms with Crippen LogP contribution < -0.4 is 0 Å². The summed E-state index contributed by atoms with van der Waals surface area (Å²) in [4.78, 5) is 19.0. The van der Waals surface area contributed by atoms with Gasteiger partial charge >= 0.3 is 5.97 Å². The van der Waals surface area contributed by atoms with Gasteiger partial charge in [0.25, 0.3) is 0 Å². The van der Waals surface area contributed by atoms with Crippen LogP contribution in [0, 0.1) is 5.82 Å². The highest BCUT2D eigenvalue weighted by Crippen LogP contribution is 2.15. The SMILES string of the molecule is CCOC(=O)c1ncnc(Cc2ccsc2)c1F. The average molecular weight is 266 g/mol. The van der Waals surface area contributed by atoms with Crippen molar-refractivity contribution < 1.29 is 13.9 Å². The first kappa shape index (κ1) is 12.6. The van der Waals surface area contributed by atoms with E-state index in [4.69, 9.17) is 4.74 Å². The molecule has 0 saturated heterocycles. The molecular formula is C12H11FN2O2S. The van der Waals surface area contributed by atoms with Gasteiger partial charge in [-0.2, -0.15) is 11.3 Å². The standard InChI is InChI=1S/C12H11FN2O2S/c1-2-17-12(16)11-10(13)9(14-7-15-11)5-8-3-4-18-6-8/h3-4,6-7H,2,5H2,1H3. The predicted molar refractivity (Wildman–Crippen MR) is 65.1 cm³/mol. The Morgan fingerprint density at radius 1 is 1.50 bits per heavy atom. The number of carbonyl (C=O) groups is 1. The number of carbonyl (C=O) groups excluding carboxylic acids is 1. The van der Waals surface area contributed by atoms with Crippen molar-refractivity contribution in [1.82, 2.24) is 9.97 Å². The summed E-state index contributed by atoms with van der Waals surface area (Å²) in [5, 5.41) is 3.81. The van der Waals surface area contributed by atoms with E-state index in [0.29, 0.717) is 6.42 Å². The highest BCUT2D eigenvalue weighted by molar-refractivity contribution is 7.07. The maximum Gasteiger partial charge on any atom is 0.360 e. The highest BCUT2D eigenvalue weighted by Gasteiger charge is 2.18. The van der Waals surface area contributed by atoms with Crippen LogP contribution in [0.5, 0.6) is 0 Å². The first-order valence-electron chi connectivity index (χ1n) is 5.40. The number of halogens is 1. The van der Waals surface area contributed by atoms with Crippen molar-refractivity contribution in [3.05, 3.63) is 45.9 Å². The lowest BCUT2D eigenvalue weighted by Crippen LogP contribution is -2.12. The minimum atomic E-state index is -0.760. The van der Waals surface area contributed by atoms with Crippen LogP contribution in [0.15, 0.2) is 23.2 Å². The van der Waals surface area contributed by atoms with Gasteiger partial charge in [0, 0.05) is 6.42 Å². The Hall–Kier alpha value is -1.82. The molecule has 0 amide bonds. The van der Waals surface area contributed by atoms with Crippen molar-refractivity contribution in [2.45, 2.75) is 13.3 Å². The number of hydrogen-bond acceptors (Lipinski definition) is 5. The molecule has 0 aromatic carbocycles. The Kier molecular flexibility index (Phi) is 3.99. The van der Waals surface area contributed by atoms with Gasteiger partial charge in [0.1, 0.15) is 6.33 Å². The zero-order chi connectivity index (χ0) is 13.0. The van der Waals surface area contributed by atoms with Crippen molar-refractivity contribution in [2.75, 3.05) is 6.61 Å². The van der Waals surface area contributed by atoms with Crippen LogP contribution in [0.25, 0.3) is 0 Å². The molecule has 0 bridgehead atoms. The number of ether oxygens (including phenoxy) is 1. The van der Waals surface area contributed by atoms with Gasteiger partial charge in [-0.15, -0.1) is 0 Å². The molecule has 0 fully saturated rings. The summed E-state index contributed by atoms with van der Waals surface area (Å²) >= 11 is 1.53. The Bertz CT molecular complexity index is 543. The Labute approximate surface area is 107 Å². The molecule has 0 atom stereocenters. The van der Waals surface area contributed by atoms with Gasteiger partial charge in [-0.05, 0) is 29.3 Å². The lowest BCUT2D eigenvalue weighted by Gasteiger charge is -2.05. The van der Waals surface area contributed by atoms with E-state index in [1.54, 1.807) is 6.92 Å². The van der Waals surface area contributed by atoms with Crippen LogP contribution in [0.2, 0.25) is 0 Å². The lowest BCUT2D eigenvalue weighted by molar-refractivity contribution is 0.0513. The minimum Gasteiger partial charge on any atom is -0.461 e. The Morgan fingerprint density at radius 3 is 3.00 bits per heavy atom. The smallest absolute Gasteiger partial charge is 0.360 e. The number of aromatic nitrogens is 2. The fourth-order valence-electron chi connectivity index (χ4n) is 1.46. The van der Waals surface area contributed by atoms with Crippen molar-refractivity contribution in [2.24, 2.45) is 0 Å². The topological polar surface area (TPSA) is 52.1 Å². The van der Waals surface area contributed by atoms with E-state index in [1.807, 2.05) is 16.8 Å². The number of esters is 1. The van der Waals surface area contributed by atoms with Crippen molar-refractivity contribution in [3.63, 3.8) is 0 Å². The molecular weight excluding hydrogens is 255 g/mol. The predicted octanol–water partition coefficient (Wildman–Crippen LogP) is 2.44. The van der Waals surface area contributed by atoms with E-state index in [-0.39, 0.29) is 18.0 Å². The number of thiophene rings is 1. The molecule has 94 valence electrons.